The van der Waals surface area contributed by atoms with Gasteiger partial charge in [0.2, 0.25) is 0 Å². The Kier molecular flexibility index (Phi) is 5.25. The summed E-state index contributed by atoms with van der Waals surface area (Å²) in [5.41, 5.74) is 5.65. The molecule has 3 nitrogen and oxygen atoms in total. The Balaban J connectivity index is 2.52. The lowest BCUT2D eigenvalue weighted by Crippen LogP contribution is -2.30. The Labute approximate surface area is 99.7 Å². The highest BCUT2D eigenvalue weighted by Crippen LogP contribution is 2.32. The zero-order chi connectivity index (χ0) is 12.2. The number of hydrogen-bond donors (Lipinski definition) is 1. The van der Waals surface area contributed by atoms with E-state index in [2.05, 4.69) is 13.8 Å². The van der Waals surface area contributed by atoms with Crippen molar-refractivity contribution in [1.82, 2.24) is 0 Å². The van der Waals surface area contributed by atoms with Crippen molar-refractivity contribution in [2.24, 2.45) is 23.5 Å². The summed E-state index contributed by atoms with van der Waals surface area (Å²) in [6.07, 6.45) is 3.92. The Morgan fingerprint density at radius 3 is 2.25 bits per heavy atom. The molecule has 1 aliphatic heterocycles. The summed E-state index contributed by atoms with van der Waals surface area (Å²) < 4.78 is 22.7. The Morgan fingerprint density at radius 1 is 1.25 bits per heavy atom. The molecule has 1 atom stereocenters. The van der Waals surface area contributed by atoms with Crippen molar-refractivity contribution < 1.29 is 8.42 Å². The minimum atomic E-state index is -2.72. The summed E-state index contributed by atoms with van der Waals surface area (Å²) in [4.78, 5) is 0. The lowest BCUT2D eigenvalue weighted by atomic mass is 9.80. The fraction of sp³-hybridized carbons (Fsp3) is 1.00. The molecule has 16 heavy (non-hydrogen) atoms. The molecule has 96 valence electrons. The lowest BCUT2D eigenvalue weighted by Gasteiger charge is -2.31. The maximum Gasteiger partial charge on any atom is 0.150 e. The van der Waals surface area contributed by atoms with Crippen LogP contribution in [0.3, 0.4) is 0 Å². The van der Waals surface area contributed by atoms with Crippen LogP contribution < -0.4 is 5.73 Å². The van der Waals surface area contributed by atoms with Gasteiger partial charge in [0.15, 0.2) is 0 Å². The van der Waals surface area contributed by atoms with Crippen LogP contribution >= 0.6 is 0 Å². The summed E-state index contributed by atoms with van der Waals surface area (Å²) in [6, 6.07) is 0. The van der Waals surface area contributed by atoms with Crippen molar-refractivity contribution in [2.45, 2.75) is 39.5 Å². The summed E-state index contributed by atoms with van der Waals surface area (Å²) in [6.45, 7) is 5.17. The van der Waals surface area contributed by atoms with E-state index in [1.807, 2.05) is 0 Å². The first-order chi connectivity index (χ1) is 7.44. The van der Waals surface area contributed by atoms with E-state index in [-0.39, 0.29) is 0 Å². The van der Waals surface area contributed by atoms with Gasteiger partial charge in [0.25, 0.3) is 0 Å². The highest BCUT2D eigenvalue weighted by Gasteiger charge is 2.29. The fourth-order valence-corrected chi connectivity index (χ4v) is 4.27. The molecule has 2 N–H and O–H groups in total. The molecule has 1 unspecified atom stereocenters. The van der Waals surface area contributed by atoms with Crippen molar-refractivity contribution >= 4 is 9.84 Å². The molecular formula is C12H25NO2S. The molecule has 0 bridgehead atoms. The summed E-state index contributed by atoms with van der Waals surface area (Å²) in [5, 5.41) is 0. The second kappa shape index (κ2) is 6.01. The minimum absolute atomic E-state index is 0.386. The molecular weight excluding hydrogens is 222 g/mol. The topological polar surface area (TPSA) is 60.2 Å². The second-order valence-corrected chi connectivity index (χ2v) is 7.76. The van der Waals surface area contributed by atoms with Crippen LogP contribution in [0.25, 0.3) is 0 Å². The van der Waals surface area contributed by atoms with Crippen LogP contribution in [-0.4, -0.2) is 26.5 Å². The largest absolute Gasteiger partial charge is 0.330 e. The summed E-state index contributed by atoms with van der Waals surface area (Å²) in [7, 11) is -2.72. The minimum Gasteiger partial charge on any atom is -0.330 e. The average Bonchev–Trinajstić information content (AvgIpc) is 2.16. The molecule has 0 aromatic heterocycles. The highest BCUT2D eigenvalue weighted by molar-refractivity contribution is 7.91. The van der Waals surface area contributed by atoms with E-state index < -0.39 is 9.84 Å². The van der Waals surface area contributed by atoms with Gasteiger partial charge in [-0.2, -0.15) is 0 Å². The first kappa shape index (κ1) is 14.0. The fourth-order valence-electron chi connectivity index (χ4n) is 2.75. The normalized spacial score (nSPS) is 23.5. The van der Waals surface area contributed by atoms with Crippen molar-refractivity contribution in [3.63, 3.8) is 0 Å². The van der Waals surface area contributed by atoms with Gasteiger partial charge < -0.3 is 5.73 Å². The van der Waals surface area contributed by atoms with E-state index in [1.54, 1.807) is 0 Å². The van der Waals surface area contributed by atoms with Crippen LogP contribution in [0.2, 0.25) is 0 Å². The highest BCUT2D eigenvalue weighted by atomic mass is 32.2. The monoisotopic (exact) mass is 247 g/mol. The van der Waals surface area contributed by atoms with Gasteiger partial charge in [0.05, 0.1) is 11.5 Å². The second-order valence-electron chi connectivity index (χ2n) is 5.46. The van der Waals surface area contributed by atoms with Crippen LogP contribution in [0, 0.1) is 17.8 Å². The number of sulfone groups is 1. The maximum absolute atomic E-state index is 11.4. The van der Waals surface area contributed by atoms with Gasteiger partial charge in [-0.15, -0.1) is 0 Å². The molecule has 1 fully saturated rings. The molecule has 0 aromatic carbocycles. The zero-order valence-electron chi connectivity index (χ0n) is 10.5. The molecule has 0 aromatic rings. The predicted molar refractivity (Wildman–Crippen MR) is 68.0 cm³/mol. The number of hydrogen-bond acceptors (Lipinski definition) is 3. The SMILES string of the molecule is CC(C)CC(CCN)C1CCS(=O)(=O)CC1. The Morgan fingerprint density at radius 2 is 1.81 bits per heavy atom. The molecule has 1 heterocycles. The van der Waals surface area contributed by atoms with E-state index >= 15 is 0 Å². The molecule has 0 saturated carbocycles. The predicted octanol–water partition coefficient (Wildman–Crippen LogP) is 1.82. The quantitative estimate of drug-likeness (QED) is 0.806. The van der Waals surface area contributed by atoms with Gasteiger partial charge in [0.1, 0.15) is 9.84 Å². The van der Waals surface area contributed by atoms with Gasteiger partial charge >= 0.3 is 0 Å². The van der Waals surface area contributed by atoms with Crippen LogP contribution in [0.1, 0.15) is 39.5 Å². The van der Waals surface area contributed by atoms with E-state index in [0.717, 1.165) is 25.8 Å². The van der Waals surface area contributed by atoms with Gasteiger partial charge in [-0.25, -0.2) is 8.42 Å². The molecule has 0 spiro atoms. The molecule has 0 aliphatic carbocycles. The van der Waals surface area contributed by atoms with Crippen LogP contribution in [0.5, 0.6) is 0 Å². The molecule has 1 saturated heterocycles. The third-order valence-electron chi connectivity index (χ3n) is 3.58. The van der Waals surface area contributed by atoms with Crippen LogP contribution in [0.4, 0.5) is 0 Å². The van der Waals surface area contributed by atoms with E-state index in [9.17, 15) is 8.42 Å². The average molecular weight is 247 g/mol. The van der Waals surface area contributed by atoms with Crippen molar-refractivity contribution in [1.29, 1.82) is 0 Å². The molecule has 1 rings (SSSR count). The molecule has 4 heteroatoms. The van der Waals surface area contributed by atoms with Crippen molar-refractivity contribution in [3.8, 4) is 0 Å². The number of nitrogens with two attached hydrogens (primary N) is 1. The maximum atomic E-state index is 11.4. The molecule has 1 aliphatic rings. The van der Waals surface area contributed by atoms with Crippen molar-refractivity contribution in [2.75, 3.05) is 18.1 Å². The molecule has 0 amide bonds. The summed E-state index contributed by atoms with van der Waals surface area (Å²) >= 11 is 0. The van der Waals surface area contributed by atoms with E-state index in [0.29, 0.717) is 29.3 Å². The first-order valence-corrected chi connectivity index (χ1v) is 8.17. The smallest absolute Gasteiger partial charge is 0.150 e. The lowest BCUT2D eigenvalue weighted by molar-refractivity contribution is 0.250. The molecule has 0 radical (unpaired) electrons. The van der Waals surface area contributed by atoms with Gasteiger partial charge in [-0.3, -0.25) is 0 Å². The first-order valence-electron chi connectivity index (χ1n) is 6.35. The third-order valence-corrected chi connectivity index (χ3v) is 5.29. The zero-order valence-corrected chi connectivity index (χ0v) is 11.3. The Hall–Kier alpha value is -0.0900. The van der Waals surface area contributed by atoms with Crippen LogP contribution in [0.15, 0.2) is 0 Å². The standard InChI is InChI=1S/C12H25NO2S/c1-10(2)9-12(3-6-13)11-4-7-16(14,15)8-5-11/h10-12H,3-9,13H2,1-2H3. The van der Waals surface area contributed by atoms with Gasteiger partial charge in [-0.05, 0) is 50.0 Å². The van der Waals surface area contributed by atoms with E-state index in [4.69, 9.17) is 5.73 Å². The van der Waals surface area contributed by atoms with Crippen LogP contribution in [-0.2, 0) is 9.84 Å². The third kappa shape index (κ3) is 4.42. The van der Waals surface area contributed by atoms with Gasteiger partial charge in [-0.1, -0.05) is 13.8 Å². The Bertz CT molecular complexity index is 284. The van der Waals surface area contributed by atoms with E-state index in [1.165, 1.54) is 6.42 Å². The van der Waals surface area contributed by atoms with Crippen molar-refractivity contribution in [3.05, 3.63) is 0 Å². The summed E-state index contributed by atoms with van der Waals surface area (Å²) in [5.74, 6) is 2.65. The van der Waals surface area contributed by atoms with Gasteiger partial charge in [0, 0.05) is 0 Å². The number of rotatable bonds is 5.